The van der Waals surface area contributed by atoms with Crippen LogP contribution in [0.3, 0.4) is 0 Å². The molecule has 2 saturated heterocycles. The minimum atomic E-state index is -1.16. The Morgan fingerprint density at radius 2 is 1.38 bits per heavy atom. The van der Waals surface area contributed by atoms with E-state index >= 15 is 0 Å². The van der Waals surface area contributed by atoms with Crippen LogP contribution in [0.15, 0.2) is 24.7 Å². The second kappa shape index (κ2) is 9.75. The lowest BCUT2D eigenvalue weighted by molar-refractivity contribution is -0.453. The molecule has 2 fully saturated rings. The lowest BCUT2D eigenvalue weighted by atomic mass is 10.00. The Hall–Kier alpha value is -2.18. The van der Waals surface area contributed by atoms with Crippen LogP contribution in [0.4, 0.5) is 9.59 Å². The van der Waals surface area contributed by atoms with Crippen molar-refractivity contribution in [3.63, 3.8) is 0 Å². The largest absolute Gasteiger partial charge is 0.514 e. The normalized spacial score (nSPS) is 28.6. The molecular weight excluding hydrogens is 428 g/mol. The fourth-order valence-corrected chi connectivity index (χ4v) is 2.94. The van der Waals surface area contributed by atoms with Gasteiger partial charge in [-0.3, -0.25) is 0 Å². The van der Waals surface area contributed by atoms with Crippen molar-refractivity contribution in [2.45, 2.75) is 90.1 Å². The maximum atomic E-state index is 11.5. The third-order valence-corrected chi connectivity index (χ3v) is 4.71. The summed E-state index contributed by atoms with van der Waals surface area (Å²) in [6.45, 7) is 17.7. The highest BCUT2D eigenvalue weighted by Gasteiger charge is 2.46. The molecule has 11 nitrogen and oxygen atoms in total. The number of methoxy groups -OCH3 is 1. The van der Waals surface area contributed by atoms with Gasteiger partial charge in [-0.2, -0.15) is 0 Å². The average Bonchev–Trinajstić information content (AvgIpc) is 3.03. The molecule has 182 valence electrons. The van der Waals surface area contributed by atoms with Gasteiger partial charge in [0.15, 0.2) is 30.1 Å². The molecule has 0 aromatic carbocycles. The fourth-order valence-electron chi connectivity index (χ4n) is 2.94. The van der Waals surface area contributed by atoms with Gasteiger partial charge in [-0.1, -0.05) is 13.2 Å². The number of hydrogen-bond acceptors (Lipinski definition) is 11. The molecule has 0 aliphatic carbocycles. The Balaban J connectivity index is 1.95. The topological polar surface area (TPSA) is 117 Å². The Morgan fingerprint density at radius 3 is 1.75 bits per heavy atom. The zero-order valence-electron chi connectivity index (χ0n) is 19.6. The van der Waals surface area contributed by atoms with Crippen LogP contribution in [0, 0.1) is 0 Å². The molecule has 0 spiro atoms. The highest BCUT2D eigenvalue weighted by molar-refractivity contribution is 5.66. The van der Waals surface area contributed by atoms with E-state index in [2.05, 4.69) is 13.2 Å². The Labute approximate surface area is 187 Å². The summed E-state index contributed by atoms with van der Waals surface area (Å²) >= 11 is 0. The maximum Gasteiger partial charge on any atom is 0.514 e. The van der Waals surface area contributed by atoms with Crippen LogP contribution in [0.25, 0.3) is 0 Å². The minimum absolute atomic E-state index is 0.0560. The molecule has 32 heavy (non-hydrogen) atoms. The molecule has 2 aliphatic heterocycles. The first-order chi connectivity index (χ1) is 14.7. The van der Waals surface area contributed by atoms with Crippen molar-refractivity contribution in [1.29, 1.82) is 0 Å². The molecule has 0 radical (unpaired) electrons. The van der Waals surface area contributed by atoms with Crippen LogP contribution in [0.1, 0.15) is 54.4 Å². The van der Waals surface area contributed by atoms with Crippen LogP contribution >= 0.6 is 0 Å². The molecular formula is C21H32O11. The summed E-state index contributed by atoms with van der Waals surface area (Å²) in [6, 6.07) is 0. The third kappa shape index (κ3) is 6.91. The van der Waals surface area contributed by atoms with E-state index in [4.69, 9.17) is 42.9 Å². The van der Waals surface area contributed by atoms with E-state index in [0.29, 0.717) is 0 Å². The monoisotopic (exact) mass is 460 g/mol. The number of hydrogen-bond donors (Lipinski definition) is 0. The molecule has 2 rings (SSSR count). The van der Waals surface area contributed by atoms with E-state index in [1.54, 1.807) is 20.8 Å². The Bertz CT molecular complexity index is 743. The van der Waals surface area contributed by atoms with Gasteiger partial charge in [0, 0.05) is 20.0 Å². The standard InChI is InChI=1S/C21H32O11/c1-12-20(7,29-17(22)25-12)10-15(24-9)27-14(3)31-32-16(28-19(4,5)6)11-21(8)13(2)26-18(23)30-21/h14-16H,1-2,10-11H2,3-9H3. The summed E-state index contributed by atoms with van der Waals surface area (Å²) in [6.07, 6.45) is -4.24. The van der Waals surface area contributed by atoms with Crippen molar-refractivity contribution < 1.29 is 52.5 Å². The quantitative estimate of drug-likeness (QED) is 0.192. The van der Waals surface area contributed by atoms with E-state index in [1.165, 1.54) is 7.11 Å². The number of carbonyl (C=O) groups is 2. The van der Waals surface area contributed by atoms with E-state index in [1.807, 2.05) is 20.8 Å². The lowest BCUT2D eigenvalue weighted by Gasteiger charge is -2.32. The van der Waals surface area contributed by atoms with E-state index in [0.717, 1.165) is 0 Å². The summed E-state index contributed by atoms with van der Waals surface area (Å²) in [4.78, 5) is 33.6. The SMILES string of the molecule is C=C1OC(=O)OC1(C)CC(OC)OC(C)OOC(CC1(C)OC(=O)OC1=C)OC(C)(C)C. The summed E-state index contributed by atoms with van der Waals surface area (Å²) in [5, 5.41) is 0. The predicted octanol–water partition coefficient (Wildman–Crippen LogP) is 4.07. The van der Waals surface area contributed by atoms with E-state index < -0.39 is 48.0 Å². The second-order valence-corrected chi connectivity index (χ2v) is 8.85. The predicted molar refractivity (Wildman–Crippen MR) is 108 cm³/mol. The number of rotatable bonds is 11. The zero-order chi connectivity index (χ0) is 24.3. The van der Waals surface area contributed by atoms with Crippen molar-refractivity contribution in [2.75, 3.05) is 7.11 Å². The summed E-state index contributed by atoms with van der Waals surface area (Å²) in [5.74, 6) is 0.289. The van der Waals surface area contributed by atoms with Crippen LogP contribution in [-0.2, 0) is 42.9 Å². The van der Waals surface area contributed by atoms with E-state index in [9.17, 15) is 9.59 Å². The smallest absolute Gasteiger partial charge is 0.419 e. The number of carbonyl (C=O) groups excluding carboxylic acids is 2. The van der Waals surface area contributed by atoms with Crippen molar-refractivity contribution in [3.05, 3.63) is 24.7 Å². The van der Waals surface area contributed by atoms with Gasteiger partial charge in [0.2, 0.25) is 0 Å². The third-order valence-electron chi connectivity index (χ3n) is 4.71. The highest BCUT2D eigenvalue weighted by Crippen LogP contribution is 2.36. The van der Waals surface area contributed by atoms with Crippen LogP contribution < -0.4 is 0 Å². The molecule has 0 N–H and O–H groups in total. The zero-order valence-corrected chi connectivity index (χ0v) is 19.6. The molecule has 2 heterocycles. The van der Waals surface area contributed by atoms with Gasteiger partial charge in [0.25, 0.3) is 0 Å². The van der Waals surface area contributed by atoms with Gasteiger partial charge >= 0.3 is 12.3 Å². The van der Waals surface area contributed by atoms with Crippen molar-refractivity contribution >= 4 is 12.3 Å². The van der Waals surface area contributed by atoms with Gasteiger partial charge in [-0.15, -0.1) is 0 Å². The van der Waals surface area contributed by atoms with Crippen LogP contribution in [0.2, 0.25) is 0 Å². The van der Waals surface area contributed by atoms with Crippen LogP contribution in [-0.4, -0.2) is 55.1 Å². The van der Waals surface area contributed by atoms with Gasteiger partial charge in [0.1, 0.15) is 11.5 Å². The van der Waals surface area contributed by atoms with Crippen molar-refractivity contribution in [3.8, 4) is 0 Å². The first-order valence-corrected chi connectivity index (χ1v) is 10.0. The number of ether oxygens (including phenoxy) is 7. The first kappa shape index (κ1) is 26.1. The molecule has 0 saturated carbocycles. The van der Waals surface area contributed by atoms with Gasteiger partial charge < -0.3 is 33.2 Å². The highest BCUT2D eigenvalue weighted by atomic mass is 17.2. The van der Waals surface area contributed by atoms with Gasteiger partial charge in [0.05, 0.1) is 5.60 Å². The van der Waals surface area contributed by atoms with Gasteiger partial charge in [-0.25, -0.2) is 19.4 Å². The second-order valence-electron chi connectivity index (χ2n) is 8.85. The molecule has 5 atom stereocenters. The maximum absolute atomic E-state index is 11.5. The molecule has 0 aromatic heterocycles. The van der Waals surface area contributed by atoms with Gasteiger partial charge in [-0.05, 0) is 41.5 Å². The molecule has 2 aliphatic rings. The fraction of sp³-hybridized carbons (Fsp3) is 0.714. The van der Waals surface area contributed by atoms with E-state index in [-0.39, 0.29) is 24.4 Å². The number of cyclic esters (lactones) is 4. The summed E-state index contributed by atoms with van der Waals surface area (Å²) < 4.78 is 37.0. The Kier molecular flexibility index (Phi) is 7.95. The molecule has 0 aromatic rings. The van der Waals surface area contributed by atoms with Crippen molar-refractivity contribution in [2.24, 2.45) is 0 Å². The average molecular weight is 460 g/mol. The summed E-state index contributed by atoms with van der Waals surface area (Å²) in [5.41, 5.74) is -2.87. The molecule has 5 unspecified atom stereocenters. The molecule has 0 bridgehead atoms. The van der Waals surface area contributed by atoms with Crippen LogP contribution in [0.5, 0.6) is 0 Å². The molecule has 11 heteroatoms. The first-order valence-electron chi connectivity index (χ1n) is 10.0. The molecule has 0 amide bonds. The minimum Gasteiger partial charge on any atom is -0.419 e. The lowest BCUT2D eigenvalue weighted by Crippen LogP contribution is -2.39. The Morgan fingerprint density at radius 1 is 0.906 bits per heavy atom. The summed E-state index contributed by atoms with van der Waals surface area (Å²) in [7, 11) is 1.43. The van der Waals surface area contributed by atoms with Crippen molar-refractivity contribution in [1.82, 2.24) is 0 Å².